The standard InChI is InChI=1S/C23H32FN3O2/c1-17(28)27-16-19(13-18-5-2-6-20(24)14-18)15-22(27)23(29)26-10-4-9-25(11-12-26)21-7-3-8-21/h2,5-6,14,19,21-22H,3-4,7-13,15-16H2,1H3/t19-,22+/m1/s1. The number of carbonyl (C=O) groups is 2. The minimum atomic E-state index is -0.374. The smallest absolute Gasteiger partial charge is 0.245 e. The van der Waals surface area contributed by atoms with E-state index in [2.05, 4.69) is 4.90 Å². The zero-order valence-corrected chi connectivity index (χ0v) is 17.4. The fourth-order valence-corrected chi connectivity index (χ4v) is 5.14. The maximum atomic E-state index is 13.5. The van der Waals surface area contributed by atoms with Gasteiger partial charge in [-0.05, 0) is 55.7 Å². The summed E-state index contributed by atoms with van der Waals surface area (Å²) in [7, 11) is 0. The molecule has 0 spiro atoms. The van der Waals surface area contributed by atoms with Gasteiger partial charge in [0.05, 0.1) is 0 Å². The summed E-state index contributed by atoms with van der Waals surface area (Å²) in [6.45, 7) is 5.66. The molecule has 2 amide bonds. The predicted octanol–water partition coefficient (Wildman–Crippen LogP) is 2.69. The first-order chi connectivity index (χ1) is 14.0. The van der Waals surface area contributed by atoms with Crippen LogP contribution >= 0.6 is 0 Å². The summed E-state index contributed by atoms with van der Waals surface area (Å²) in [5, 5.41) is 0. The molecule has 2 heterocycles. The van der Waals surface area contributed by atoms with Gasteiger partial charge in [-0.25, -0.2) is 4.39 Å². The Morgan fingerprint density at radius 1 is 1.10 bits per heavy atom. The SMILES string of the molecule is CC(=O)N1C[C@H](Cc2cccc(F)c2)C[C@H]1C(=O)N1CCCN(C2CCC2)CC1. The Morgan fingerprint density at radius 2 is 1.93 bits per heavy atom. The number of benzene rings is 1. The molecule has 2 aliphatic heterocycles. The topological polar surface area (TPSA) is 43.9 Å². The maximum Gasteiger partial charge on any atom is 0.245 e. The van der Waals surface area contributed by atoms with Crippen molar-refractivity contribution in [3.05, 3.63) is 35.6 Å². The van der Waals surface area contributed by atoms with Gasteiger partial charge in [-0.15, -0.1) is 0 Å². The molecule has 0 aromatic heterocycles. The predicted molar refractivity (Wildman–Crippen MR) is 110 cm³/mol. The van der Waals surface area contributed by atoms with Crippen molar-refractivity contribution in [1.82, 2.24) is 14.7 Å². The van der Waals surface area contributed by atoms with Crippen LogP contribution in [0, 0.1) is 11.7 Å². The Bertz CT molecular complexity index is 751. The van der Waals surface area contributed by atoms with Crippen LogP contribution in [0.25, 0.3) is 0 Å². The molecule has 2 saturated heterocycles. The molecule has 29 heavy (non-hydrogen) atoms. The second kappa shape index (κ2) is 8.82. The largest absolute Gasteiger partial charge is 0.340 e. The molecule has 158 valence electrons. The van der Waals surface area contributed by atoms with Crippen LogP contribution in [0.15, 0.2) is 24.3 Å². The molecule has 1 aromatic carbocycles. The zero-order valence-electron chi connectivity index (χ0n) is 17.4. The van der Waals surface area contributed by atoms with Gasteiger partial charge in [-0.2, -0.15) is 0 Å². The average molecular weight is 402 g/mol. The summed E-state index contributed by atoms with van der Waals surface area (Å²) in [6, 6.07) is 6.97. The molecule has 0 N–H and O–H groups in total. The van der Waals surface area contributed by atoms with Crippen molar-refractivity contribution in [1.29, 1.82) is 0 Å². The van der Waals surface area contributed by atoms with Crippen LogP contribution in [0.4, 0.5) is 4.39 Å². The van der Waals surface area contributed by atoms with E-state index in [1.807, 2.05) is 11.0 Å². The Kier molecular flexibility index (Phi) is 6.18. The molecular weight excluding hydrogens is 369 g/mol. The fourth-order valence-electron chi connectivity index (χ4n) is 5.14. The molecule has 1 aliphatic carbocycles. The molecule has 2 atom stereocenters. The summed E-state index contributed by atoms with van der Waals surface area (Å²) < 4.78 is 13.5. The minimum Gasteiger partial charge on any atom is -0.340 e. The van der Waals surface area contributed by atoms with Crippen molar-refractivity contribution in [2.24, 2.45) is 5.92 Å². The first-order valence-corrected chi connectivity index (χ1v) is 11.1. The Balaban J connectivity index is 1.40. The lowest BCUT2D eigenvalue weighted by atomic mass is 9.91. The lowest BCUT2D eigenvalue weighted by Gasteiger charge is -2.36. The monoisotopic (exact) mass is 401 g/mol. The van der Waals surface area contributed by atoms with Gasteiger partial charge in [0.15, 0.2) is 0 Å². The average Bonchev–Trinajstić information content (AvgIpc) is 2.91. The molecule has 0 radical (unpaired) electrons. The number of halogens is 1. The number of nitrogens with zero attached hydrogens (tertiary/aromatic N) is 3. The zero-order chi connectivity index (χ0) is 20.4. The third kappa shape index (κ3) is 4.63. The summed E-state index contributed by atoms with van der Waals surface area (Å²) >= 11 is 0. The highest BCUT2D eigenvalue weighted by molar-refractivity contribution is 5.87. The first-order valence-electron chi connectivity index (χ1n) is 11.1. The van der Waals surface area contributed by atoms with Gasteiger partial charge in [0.2, 0.25) is 11.8 Å². The quantitative estimate of drug-likeness (QED) is 0.779. The number of amides is 2. The van der Waals surface area contributed by atoms with Crippen LogP contribution in [0.2, 0.25) is 0 Å². The normalized spacial score (nSPS) is 26.3. The number of hydrogen-bond donors (Lipinski definition) is 0. The highest BCUT2D eigenvalue weighted by atomic mass is 19.1. The Labute approximate surface area is 172 Å². The third-order valence-electron chi connectivity index (χ3n) is 6.92. The van der Waals surface area contributed by atoms with E-state index in [1.54, 1.807) is 24.0 Å². The van der Waals surface area contributed by atoms with E-state index >= 15 is 0 Å². The molecule has 6 heteroatoms. The van der Waals surface area contributed by atoms with Crippen LogP contribution in [0.5, 0.6) is 0 Å². The van der Waals surface area contributed by atoms with Crippen LogP contribution in [-0.4, -0.2) is 71.3 Å². The fraction of sp³-hybridized carbons (Fsp3) is 0.652. The Hall–Kier alpha value is -1.95. The first kappa shape index (κ1) is 20.3. The van der Waals surface area contributed by atoms with Crippen LogP contribution in [0.1, 0.15) is 44.6 Å². The van der Waals surface area contributed by atoms with Gasteiger partial charge < -0.3 is 9.80 Å². The molecule has 1 saturated carbocycles. The lowest BCUT2D eigenvalue weighted by molar-refractivity contribution is -0.142. The number of likely N-dealkylation sites (tertiary alicyclic amines) is 1. The van der Waals surface area contributed by atoms with Gasteiger partial charge >= 0.3 is 0 Å². The summed E-state index contributed by atoms with van der Waals surface area (Å²) in [5.41, 5.74) is 0.928. The van der Waals surface area contributed by atoms with E-state index in [0.717, 1.165) is 38.2 Å². The molecular formula is C23H32FN3O2. The van der Waals surface area contributed by atoms with Gasteiger partial charge in [-0.3, -0.25) is 14.5 Å². The molecule has 1 aromatic rings. The minimum absolute atomic E-state index is 0.0454. The van der Waals surface area contributed by atoms with Gasteiger partial charge in [-0.1, -0.05) is 18.6 Å². The van der Waals surface area contributed by atoms with Crippen molar-refractivity contribution in [2.75, 3.05) is 32.7 Å². The van der Waals surface area contributed by atoms with Gasteiger partial charge in [0.1, 0.15) is 11.9 Å². The lowest BCUT2D eigenvalue weighted by Crippen LogP contribution is -2.48. The molecule has 0 unspecified atom stereocenters. The maximum absolute atomic E-state index is 13.5. The van der Waals surface area contributed by atoms with E-state index in [0.29, 0.717) is 25.4 Å². The van der Waals surface area contributed by atoms with Crippen LogP contribution < -0.4 is 0 Å². The van der Waals surface area contributed by atoms with Crippen molar-refractivity contribution in [3.8, 4) is 0 Å². The highest BCUT2D eigenvalue weighted by Gasteiger charge is 2.40. The van der Waals surface area contributed by atoms with Crippen molar-refractivity contribution >= 4 is 11.8 Å². The van der Waals surface area contributed by atoms with Crippen molar-refractivity contribution in [2.45, 2.75) is 57.5 Å². The number of hydrogen-bond acceptors (Lipinski definition) is 3. The number of carbonyl (C=O) groups excluding carboxylic acids is 2. The molecule has 0 bridgehead atoms. The van der Waals surface area contributed by atoms with Crippen LogP contribution in [0.3, 0.4) is 0 Å². The molecule has 5 nitrogen and oxygen atoms in total. The molecule has 3 aliphatic rings. The molecule has 4 rings (SSSR count). The molecule has 3 fully saturated rings. The van der Waals surface area contributed by atoms with Gasteiger partial charge in [0.25, 0.3) is 0 Å². The highest BCUT2D eigenvalue weighted by Crippen LogP contribution is 2.29. The second-order valence-electron chi connectivity index (χ2n) is 8.92. The summed E-state index contributed by atoms with van der Waals surface area (Å²) in [5.74, 6) is -0.00126. The summed E-state index contributed by atoms with van der Waals surface area (Å²) in [4.78, 5) is 31.8. The third-order valence-corrected chi connectivity index (χ3v) is 6.92. The van der Waals surface area contributed by atoms with Crippen molar-refractivity contribution < 1.29 is 14.0 Å². The van der Waals surface area contributed by atoms with E-state index < -0.39 is 0 Å². The van der Waals surface area contributed by atoms with Gasteiger partial charge in [0, 0.05) is 45.7 Å². The Morgan fingerprint density at radius 3 is 2.62 bits per heavy atom. The van der Waals surface area contributed by atoms with E-state index in [9.17, 15) is 14.0 Å². The van der Waals surface area contributed by atoms with Crippen molar-refractivity contribution in [3.63, 3.8) is 0 Å². The van der Waals surface area contributed by atoms with E-state index in [4.69, 9.17) is 0 Å². The van der Waals surface area contributed by atoms with E-state index in [1.165, 1.54) is 25.3 Å². The summed E-state index contributed by atoms with van der Waals surface area (Å²) in [6.07, 6.45) is 6.26. The number of rotatable bonds is 4. The van der Waals surface area contributed by atoms with E-state index in [-0.39, 0.29) is 29.6 Å². The van der Waals surface area contributed by atoms with Crippen LogP contribution in [-0.2, 0) is 16.0 Å². The second-order valence-corrected chi connectivity index (χ2v) is 8.92.